The number of aldehydes is 1. The maximum atomic E-state index is 11.3. The van der Waals surface area contributed by atoms with Crippen LogP contribution in [0.1, 0.15) is 11.1 Å². The van der Waals surface area contributed by atoms with Gasteiger partial charge in [0.15, 0.2) is 12.5 Å². The van der Waals surface area contributed by atoms with Crippen LogP contribution in [0.25, 0.3) is 0 Å². The highest BCUT2D eigenvalue weighted by atomic mass is 16.5. The first-order chi connectivity index (χ1) is 10.8. The van der Waals surface area contributed by atoms with E-state index in [2.05, 4.69) is 36.5 Å². The number of aryl methyl sites for hydroxylation is 1. The van der Waals surface area contributed by atoms with Gasteiger partial charge in [-0.15, -0.1) is 0 Å². The quantitative estimate of drug-likeness (QED) is 0.861. The molecule has 0 spiro atoms. The lowest BCUT2D eigenvalue weighted by Crippen LogP contribution is -2.44. The molecule has 1 aliphatic rings. The van der Waals surface area contributed by atoms with E-state index in [9.17, 15) is 4.79 Å². The van der Waals surface area contributed by atoms with E-state index in [0.717, 1.165) is 29.8 Å². The van der Waals surface area contributed by atoms with Crippen molar-refractivity contribution in [1.29, 1.82) is 0 Å². The number of nitrogens with zero attached hydrogens (tertiary/aromatic N) is 1. The summed E-state index contributed by atoms with van der Waals surface area (Å²) in [6, 6.07) is 16.3. The van der Waals surface area contributed by atoms with Crippen LogP contribution in [0.3, 0.4) is 0 Å². The molecule has 2 aromatic carbocycles. The van der Waals surface area contributed by atoms with Crippen LogP contribution in [0.2, 0.25) is 0 Å². The summed E-state index contributed by atoms with van der Waals surface area (Å²) in [5.41, 5.74) is 4.52. The van der Waals surface area contributed by atoms with Crippen molar-refractivity contribution in [2.24, 2.45) is 0 Å². The minimum Gasteiger partial charge on any atom is -0.383 e. The topological polar surface area (TPSA) is 41.6 Å². The molecule has 22 heavy (non-hydrogen) atoms. The third-order valence-electron chi connectivity index (χ3n) is 3.87. The van der Waals surface area contributed by atoms with E-state index >= 15 is 0 Å². The van der Waals surface area contributed by atoms with Crippen molar-refractivity contribution in [3.63, 3.8) is 0 Å². The van der Waals surface area contributed by atoms with E-state index < -0.39 is 6.23 Å². The van der Waals surface area contributed by atoms with Crippen molar-refractivity contribution >= 4 is 17.7 Å². The van der Waals surface area contributed by atoms with Gasteiger partial charge >= 0.3 is 0 Å². The Bertz CT molecular complexity index is 640. The van der Waals surface area contributed by atoms with Gasteiger partial charge in [-0.2, -0.15) is 0 Å². The van der Waals surface area contributed by atoms with Crippen LogP contribution in [0, 0.1) is 6.92 Å². The van der Waals surface area contributed by atoms with E-state index in [0.29, 0.717) is 13.2 Å². The summed E-state index contributed by atoms with van der Waals surface area (Å²) in [6.45, 7) is 4.00. The first-order valence-electron chi connectivity index (χ1n) is 7.50. The smallest absolute Gasteiger partial charge is 0.187 e. The number of ether oxygens (including phenoxy) is 1. The van der Waals surface area contributed by atoms with Gasteiger partial charge in [0, 0.05) is 30.0 Å². The predicted octanol–water partition coefficient (Wildman–Crippen LogP) is 2.97. The van der Waals surface area contributed by atoms with Crippen LogP contribution in [0.15, 0.2) is 48.5 Å². The average Bonchev–Trinajstić information content (AvgIpc) is 2.56. The summed E-state index contributed by atoms with van der Waals surface area (Å²) in [5, 5.41) is 3.38. The van der Waals surface area contributed by atoms with Crippen LogP contribution in [0.4, 0.5) is 11.4 Å². The standard InChI is InChI=1S/C18H20N2O2/c1-14-6-8-16(9-7-14)19-10-11-20-17-5-3-2-4-15(17)13-22-18(20)12-21/h2-9,12,18-19H,10-11,13H2,1H3. The van der Waals surface area contributed by atoms with Gasteiger partial charge in [0.1, 0.15) is 0 Å². The molecule has 0 saturated carbocycles. The number of para-hydroxylation sites is 1. The third-order valence-corrected chi connectivity index (χ3v) is 3.87. The number of nitrogens with one attached hydrogen (secondary N) is 1. The molecule has 4 nitrogen and oxygen atoms in total. The van der Waals surface area contributed by atoms with Crippen LogP contribution >= 0.6 is 0 Å². The first-order valence-corrected chi connectivity index (χ1v) is 7.50. The van der Waals surface area contributed by atoms with Gasteiger partial charge < -0.3 is 15.0 Å². The number of rotatable bonds is 5. The fraction of sp³-hybridized carbons (Fsp3) is 0.278. The van der Waals surface area contributed by atoms with Gasteiger partial charge in [0.2, 0.25) is 0 Å². The van der Waals surface area contributed by atoms with Crippen molar-refractivity contribution in [2.45, 2.75) is 19.8 Å². The Balaban J connectivity index is 1.67. The number of carbonyl (C=O) groups excluding carboxylic acids is 1. The number of carbonyl (C=O) groups is 1. The molecule has 0 amide bonds. The lowest BCUT2D eigenvalue weighted by molar-refractivity contribution is -0.119. The van der Waals surface area contributed by atoms with Crippen LogP contribution in [0.5, 0.6) is 0 Å². The molecular formula is C18H20N2O2. The zero-order chi connectivity index (χ0) is 15.4. The highest BCUT2D eigenvalue weighted by Crippen LogP contribution is 2.28. The largest absolute Gasteiger partial charge is 0.383 e. The molecule has 0 saturated heterocycles. The number of fused-ring (bicyclic) bond motifs is 1. The number of anilines is 2. The summed E-state index contributed by atoms with van der Waals surface area (Å²) >= 11 is 0. The minimum atomic E-state index is -0.505. The van der Waals surface area contributed by atoms with Crippen molar-refractivity contribution in [3.05, 3.63) is 59.7 Å². The van der Waals surface area contributed by atoms with Crippen molar-refractivity contribution < 1.29 is 9.53 Å². The van der Waals surface area contributed by atoms with Crippen molar-refractivity contribution in [1.82, 2.24) is 0 Å². The van der Waals surface area contributed by atoms with E-state index in [1.54, 1.807) is 0 Å². The molecular weight excluding hydrogens is 276 g/mol. The van der Waals surface area contributed by atoms with Crippen LogP contribution in [-0.4, -0.2) is 25.6 Å². The summed E-state index contributed by atoms with van der Waals surface area (Å²) in [6.07, 6.45) is 0.358. The third kappa shape index (κ3) is 3.12. The molecule has 0 aliphatic carbocycles. The monoisotopic (exact) mass is 296 g/mol. The Hall–Kier alpha value is -2.33. The van der Waals surface area contributed by atoms with Gasteiger partial charge in [0.25, 0.3) is 0 Å². The molecule has 0 aromatic heterocycles. The molecule has 1 atom stereocenters. The van der Waals surface area contributed by atoms with Gasteiger partial charge in [-0.3, -0.25) is 4.79 Å². The van der Waals surface area contributed by atoms with Gasteiger partial charge in [0.05, 0.1) is 6.61 Å². The second-order valence-corrected chi connectivity index (χ2v) is 5.45. The maximum absolute atomic E-state index is 11.3. The van der Waals surface area contributed by atoms with Gasteiger partial charge in [-0.05, 0) is 25.1 Å². The van der Waals surface area contributed by atoms with Gasteiger partial charge in [-0.25, -0.2) is 0 Å². The van der Waals surface area contributed by atoms with Crippen molar-refractivity contribution in [2.75, 3.05) is 23.3 Å². The Morgan fingerprint density at radius 1 is 1.23 bits per heavy atom. The van der Waals surface area contributed by atoms with Gasteiger partial charge in [-0.1, -0.05) is 35.9 Å². The predicted molar refractivity (Wildman–Crippen MR) is 88.1 cm³/mol. The molecule has 0 bridgehead atoms. The molecule has 4 heteroatoms. The fourth-order valence-electron chi connectivity index (χ4n) is 2.67. The zero-order valence-electron chi connectivity index (χ0n) is 12.7. The molecule has 3 rings (SSSR count). The normalized spacial score (nSPS) is 17.0. The minimum absolute atomic E-state index is 0.488. The van der Waals surface area contributed by atoms with E-state index in [1.807, 2.05) is 29.2 Å². The molecule has 1 unspecified atom stereocenters. The SMILES string of the molecule is Cc1ccc(NCCN2c3ccccc3COC2C=O)cc1. The summed E-state index contributed by atoms with van der Waals surface area (Å²) in [4.78, 5) is 13.3. The molecule has 0 radical (unpaired) electrons. The second kappa shape index (κ2) is 6.62. The average molecular weight is 296 g/mol. The number of hydrogen-bond acceptors (Lipinski definition) is 4. The molecule has 1 heterocycles. The molecule has 0 fully saturated rings. The fourth-order valence-corrected chi connectivity index (χ4v) is 2.67. The molecule has 1 N–H and O–H groups in total. The van der Waals surface area contributed by atoms with Crippen LogP contribution < -0.4 is 10.2 Å². The Kier molecular flexibility index (Phi) is 4.39. The van der Waals surface area contributed by atoms with E-state index in [-0.39, 0.29) is 0 Å². The van der Waals surface area contributed by atoms with E-state index in [4.69, 9.17) is 4.74 Å². The second-order valence-electron chi connectivity index (χ2n) is 5.45. The highest BCUT2D eigenvalue weighted by Gasteiger charge is 2.25. The Morgan fingerprint density at radius 2 is 2.00 bits per heavy atom. The number of hydrogen-bond donors (Lipinski definition) is 1. The van der Waals surface area contributed by atoms with Crippen molar-refractivity contribution in [3.8, 4) is 0 Å². The first kappa shape index (κ1) is 14.6. The summed E-state index contributed by atoms with van der Waals surface area (Å²) in [7, 11) is 0. The van der Waals surface area contributed by atoms with E-state index in [1.165, 1.54) is 5.56 Å². The molecule has 114 valence electrons. The summed E-state index contributed by atoms with van der Waals surface area (Å²) < 4.78 is 5.61. The number of benzene rings is 2. The summed E-state index contributed by atoms with van der Waals surface area (Å²) in [5.74, 6) is 0. The Labute approximate surface area is 130 Å². The highest BCUT2D eigenvalue weighted by molar-refractivity contribution is 5.67. The van der Waals surface area contributed by atoms with Crippen LogP contribution in [-0.2, 0) is 16.1 Å². The lowest BCUT2D eigenvalue weighted by atomic mass is 10.1. The molecule has 1 aliphatic heterocycles. The molecule has 2 aromatic rings. The Morgan fingerprint density at radius 3 is 2.77 bits per heavy atom. The maximum Gasteiger partial charge on any atom is 0.187 e. The zero-order valence-corrected chi connectivity index (χ0v) is 12.7. The lowest BCUT2D eigenvalue weighted by Gasteiger charge is -2.35.